The standard InChI is InChI=1S/C25H21F2N7O3.C24H20F2N8O3/c1-33-14-20(31-24(35)19-13-30-34-9-3-8-29-23(19)34)22(32-33)18-11-17(6-7-21(18)37-25(26)27)36-16-5-2-4-15(10-16)12-28;1-33-13-18(31-23(35)17-12-29-34-9-3-8-28-22(17)34)21(32-33)16-10-15(6-7-19(16)37-24(25)26)36-20-5-2-4-14(11-27)30-20/h2-11,13-14,25H,12,28H2,1H3,(H,31,35);2-10,12-13,24H,11,27H2,1H3,(H,31,35). The number of nitrogens with zero attached hydrogens (tertiary/aromatic N) is 11. The molecule has 0 bridgehead atoms. The molecule has 2 amide bonds. The lowest BCUT2D eigenvalue weighted by molar-refractivity contribution is -0.0501. The number of amides is 2. The minimum absolute atomic E-state index is 0.134. The number of carbonyl (C=O) groups excluding carboxylic acids is 2. The van der Waals surface area contributed by atoms with Crippen molar-refractivity contribution in [2.45, 2.75) is 26.3 Å². The van der Waals surface area contributed by atoms with E-state index in [1.807, 2.05) is 6.07 Å². The first kappa shape index (κ1) is 49.2. The van der Waals surface area contributed by atoms with Crippen LogP contribution < -0.4 is 41.0 Å². The molecule has 6 N–H and O–H groups in total. The van der Waals surface area contributed by atoms with Crippen molar-refractivity contribution < 1.29 is 46.1 Å². The van der Waals surface area contributed by atoms with E-state index in [2.05, 4.69) is 46.0 Å². The van der Waals surface area contributed by atoms with E-state index in [1.54, 1.807) is 99.8 Å². The molecule has 0 saturated heterocycles. The highest BCUT2D eigenvalue weighted by molar-refractivity contribution is 6.10. The van der Waals surface area contributed by atoms with Gasteiger partial charge >= 0.3 is 13.2 Å². The summed E-state index contributed by atoms with van der Waals surface area (Å²) < 4.78 is 79.9. The average molecular weight is 1010 g/mol. The van der Waals surface area contributed by atoms with E-state index in [0.717, 1.165) is 5.56 Å². The largest absolute Gasteiger partial charge is 0.457 e. The predicted molar refractivity (Wildman–Crippen MR) is 259 cm³/mol. The summed E-state index contributed by atoms with van der Waals surface area (Å²) in [5.41, 5.74) is 15.3. The summed E-state index contributed by atoms with van der Waals surface area (Å²) in [4.78, 5) is 38.8. The van der Waals surface area contributed by atoms with Crippen molar-refractivity contribution in [3.8, 4) is 57.1 Å². The van der Waals surface area contributed by atoms with Crippen LogP contribution in [0.3, 0.4) is 0 Å². The van der Waals surface area contributed by atoms with Crippen molar-refractivity contribution in [2.75, 3.05) is 10.6 Å². The SMILES string of the molecule is Cn1cc(NC(=O)c2cnn3cccnc23)c(-c2cc(Oc3cccc(CN)c3)ccc2OC(F)F)n1.Cn1cc(NC(=O)c2cnn3cccnc23)c(-c2cc(Oc3cccc(CN)n3)ccc2OC(F)F)n1. The number of halogens is 4. The van der Waals surface area contributed by atoms with Crippen LogP contribution in [0, 0.1) is 0 Å². The van der Waals surface area contributed by atoms with Crippen LogP contribution in [-0.2, 0) is 27.2 Å². The Morgan fingerprint density at radius 1 is 0.622 bits per heavy atom. The lowest BCUT2D eigenvalue weighted by Gasteiger charge is -2.14. The van der Waals surface area contributed by atoms with Gasteiger partial charge in [0.25, 0.3) is 11.8 Å². The molecule has 25 heteroatoms. The Hall–Kier alpha value is -9.75. The fourth-order valence-electron chi connectivity index (χ4n) is 7.45. The molecule has 0 aliphatic rings. The van der Waals surface area contributed by atoms with Gasteiger partial charge in [-0.15, -0.1) is 0 Å². The van der Waals surface area contributed by atoms with Crippen LogP contribution in [-0.4, -0.2) is 78.8 Å². The Labute approximate surface area is 415 Å². The van der Waals surface area contributed by atoms with Crippen molar-refractivity contribution >= 4 is 34.5 Å². The van der Waals surface area contributed by atoms with Gasteiger partial charge in [-0.1, -0.05) is 18.2 Å². The summed E-state index contributed by atoms with van der Waals surface area (Å²) in [6.45, 7) is -5.59. The van der Waals surface area contributed by atoms with Crippen LogP contribution in [0.25, 0.3) is 33.8 Å². The van der Waals surface area contributed by atoms with E-state index in [1.165, 1.54) is 67.2 Å². The van der Waals surface area contributed by atoms with Gasteiger partial charge in [-0.2, -0.15) is 38.0 Å². The van der Waals surface area contributed by atoms with Gasteiger partial charge in [0.05, 0.1) is 40.6 Å². The molecule has 0 aliphatic carbocycles. The maximum atomic E-state index is 13.2. The van der Waals surface area contributed by atoms with Gasteiger partial charge < -0.3 is 41.0 Å². The number of hydrogen-bond donors (Lipinski definition) is 4. The normalized spacial score (nSPS) is 11.2. The number of nitrogens with two attached hydrogens (primary N) is 2. The smallest absolute Gasteiger partial charge is 0.387 e. The maximum Gasteiger partial charge on any atom is 0.387 e. The van der Waals surface area contributed by atoms with E-state index in [4.69, 9.17) is 30.4 Å². The zero-order valence-corrected chi connectivity index (χ0v) is 38.9. The highest BCUT2D eigenvalue weighted by Gasteiger charge is 2.24. The third kappa shape index (κ3) is 11.2. The average Bonchev–Trinajstić information content (AvgIpc) is 4.20. The Kier molecular flexibility index (Phi) is 14.4. The molecule has 376 valence electrons. The van der Waals surface area contributed by atoms with Gasteiger partial charge in [0.2, 0.25) is 5.88 Å². The molecule has 0 atom stereocenters. The van der Waals surface area contributed by atoms with Crippen molar-refractivity contribution in [1.82, 2.24) is 53.7 Å². The second-order valence-electron chi connectivity index (χ2n) is 15.7. The van der Waals surface area contributed by atoms with E-state index in [9.17, 15) is 27.2 Å². The monoisotopic (exact) mass is 1010 g/mol. The number of aryl methyl sites for hydroxylation is 2. The number of hydrogen-bond acceptors (Lipinski definition) is 15. The van der Waals surface area contributed by atoms with Gasteiger partial charge in [-0.3, -0.25) is 19.0 Å². The quantitative estimate of drug-likeness (QED) is 0.0672. The molecule has 3 aromatic carbocycles. The van der Waals surface area contributed by atoms with Gasteiger partial charge in [0, 0.05) is 70.4 Å². The van der Waals surface area contributed by atoms with E-state index in [0.29, 0.717) is 35.0 Å². The van der Waals surface area contributed by atoms with Crippen LogP contribution in [0.15, 0.2) is 141 Å². The number of alkyl halides is 4. The first-order chi connectivity index (χ1) is 35.8. The number of nitrogens with one attached hydrogen (secondary N) is 2. The molecule has 0 unspecified atom stereocenters. The Balaban J connectivity index is 0.000000182. The molecular weight excluding hydrogens is 971 g/mol. The van der Waals surface area contributed by atoms with Crippen molar-refractivity contribution in [3.63, 3.8) is 0 Å². The van der Waals surface area contributed by atoms with Gasteiger partial charge in [-0.25, -0.2) is 24.0 Å². The molecular formula is C49H41F4N15O6. The molecule has 0 radical (unpaired) electrons. The summed E-state index contributed by atoms with van der Waals surface area (Å²) in [5.74, 6) is 0.134. The van der Waals surface area contributed by atoms with Crippen LogP contribution in [0.2, 0.25) is 0 Å². The van der Waals surface area contributed by atoms with Gasteiger partial charge in [-0.05, 0) is 72.3 Å². The Morgan fingerprint density at radius 2 is 1.14 bits per heavy atom. The molecule has 10 aromatic rings. The summed E-state index contributed by atoms with van der Waals surface area (Å²) in [6, 6.07) is 24.3. The lowest BCUT2D eigenvalue weighted by atomic mass is 10.1. The molecule has 74 heavy (non-hydrogen) atoms. The second-order valence-corrected chi connectivity index (χ2v) is 15.7. The third-order valence-corrected chi connectivity index (χ3v) is 10.6. The number of carbonyl (C=O) groups is 2. The van der Waals surface area contributed by atoms with Crippen molar-refractivity contribution in [1.29, 1.82) is 0 Å². The van der Waals surface area contributed by atoms with Crippen LogP contribution in [0.5, 0.6) is 34.6 Å². The predicted octanol–water partition coefficient (Wildman–Crippen LogP) is 7.86. The number of anilines is 2. The fraction of sp³-hybridized carbons (Fsp3) is 0.122. The zero-order chi connectivity index (χ0) is 51.9. The molecule has 0 aliphatic heterocycles. The highest BCUT2D eigenvalue weighted by Crippen LogP contribution is 2.40. The summed E-state index contributed by atoms with van der Waals surface area (Å²) in [5, 5.41) is 22.5. The molecule has 0 spiro atoms. The van der Waals surface area contributed by atoms with Gasteiger partial charge in [0.15, 0.2) is 11.3 Å². The molecule has 0 fully saturated rings. The first-order valence-corrected chi connectivity index (χ1v) is 22.1. The topological polar surface area (TPSA) is 256 Å². The molecule has 21 nitrogen and oxygen atoms in total. The number of aromatic nitrogens is 11. The minimum Gasteiger partial charge on any atom is -0.457 e. The molecule has 7 aromatic heterocycles. The van der Waals surface area contributed by atoms with Crippen molar-refractivity contribution in [3.05, 3.63) is 163 Å². The second kappa shape index (κ2) is 21.7. The van der Waals surface area contributed by atoms with Gasteiger partial charge in [0.1, 0.15) is 51.3 Å². The van der Waals surface area contributed by atoms with E-state index in [-0.39, 0.29) is 74.7 Å². The summed E-state index contributed by atoms with van der Waals surface area (Å²) >= 11 is 0. The first-order valence-electron chi connectivity index (χ1n) is 22.1. The number of rotatable bonds is 16. The molecule has 7 heterocycles. The Morgan fingerprint density at radius 3 is 1.65 bits per heavy atom. The van der Waals surface area contributed by atoms with Crippen LogP contribution >= 0.6 is 0 Å². The molecule has 0 saturated carbocycles. The molecule has 10 rings (SSSR count). The highest BCUT2D eigenvalue weighted by atomic mass is 19.3. The van der Waals surface area contributed by atoms with Crippen LogP contribution in [0.4, 0.5) is 28.9 Å². The summed E-state index contributed by atoms with van der Waals surface area (Å²) in [7, 11) is 3.27. The maximum absolute atomic E-state index is 13.2. The number of fused-ring (bicyclic) bond motifs is 2. The Bertz CT molecular complexity index is 3400. The van der Waals surface area contributed by atoms with Crippen molar-refractivity contribution in [2.24, 2.45) is 25.6 Å². The van der Waals surface area contributed by atoms with E-state index < -0.39 is 25.0 Å². The lowest BCUT2D eigenvalue weighted by Crippen LogP contribution is -2.12. The van der Waals surface area contributed by atoms with E-state index >= 15 is 0 Å². The number of pyridine rings is 1. The number of benzene rings is 3. The summed E-state index contributed by atoms with van der Waals surface area (Å²) in [6.07, 6.45) is 12.3. The fourth-order valence-corrected chi connectivity index (χ4v) is 7.45. The van der Waals surface area contributed by atoms with Crippen LogP contribution in [0.1, 0.15) is 32.0 Å². The third-order valence-electron chi connectivity index (χ3n) is 10.6. The number of ether oxygens (including phenoxy) is 4. The minimum atomic E-state index is -3.08. The zero-order valence-electron chi connectivity index (χ0n) is 38.9.